The summed E-state index contributed by atoms with van der Waals surface area (Å²) in [5, 5.41) is 7.52. The number of benzene rings is 1. The summed E-state index contributed by atoms with van der Waals surface area (Å²) in [5.41, 5.74) is 5.34. The third-order valence-electron chi connectivity index (χ3n) is 3.13. The molecule has 0 aliphatic rings. The van der Waals surface area contributed by atoms with Crippen molar-refractivity contribution in [2.75, 3.05) is 6.61 Å². The SMILES string of the molecule is CC(C)(CCCCOc1c(Br)cc(Br)cc1Br)C(=N)N. The average molecular weight is 471 g/mol. The van der Waals surface area contributed by atoms with E-state index in [1.165, 1.54) is 0 Å². The molecule has 0 aliphatic heterocycles. The first-order valence-electron chi connectivity index (χ1n) is 6.36. The fourth-order valence-electron chi connectivity index (χ4n) is 1.64. The molecule has 0 heterocycles. The lowest BCUT2D eigenvalue weighted by molar-refractivity contribution is 0.293. The molecule has 0 aliphatic carbocycles. The van der Waals surface area contributed by atoms with Gasteiger partial charge in [-0.05, 0) is 63.3 Å². The van der Waals surface area contributed by atoms with Crippen LogP contribution in [-0.4, -0.2) is 12.4 Å². The van der Waals surface area contributed by atoms with Gasteiger partial charge in [-0.15, -0.1) is 0 Å². The van der Waals surface area contributed by atoms with Gasteiger partial charge in [0, 0.05) is 9.89 Å². The van der Waals surface area contributed by atoms with Crippen LogP contribution in [0.1, 0.15) is 33.1 Å². The number of amidine groups is 1. The number of nitrogens with two attached hydrogens (primary N) is 1. The van der Waals surface area contributed by atoms with Gasteiger partial charge in [0.1, 0.15) is 5.75 Å². The Labute approximate surface area is 145 Å². The second kappa shape index (κ2) is 7.80. The topological polar surface area (TPSA) is 59.1 Å². The van der Waals surface area contributed by atoms with Crippen molar-refractivity contribution in [2.24, 2.45) is 11.1 Å². The Hall–Kier alpha value is -0.0700. The van der Waals surface area contributed by atoms with E-state index < -0.39 is 0 Å². The van der Waals surface area contributed by atoms with E-state index in [9.17, 15) is 0 Å². The minimum Gasteiger partial charge on any atom is -0.491 e. The van der Waals surface area contributed by atoms with Gasteiger partial charge >= 0.3 is 0 Å². The summed E-state index contributed by atoms with van der Waals surface area (Å²) in [5.74, 6) is 1.07. The van der Waals surface area contributed by atoms with Crippen LogP contribution in [0.15, 0.2) is 25.6 Å². The zero-order valence-corrected chi connectivity index (χ0v) is 16.4. The molecule has 0 fully saturated rings. The van der Waals surface area contributed by atoms with Gasteiger partial charge < -0.3 is 10.5 Å². The van der Waals surface area contributed by atoms with Crippen molar-refractivity contribution in [3.63, 3.8) is 0 Å². The van der Waals surface area contributed by atoms with Crippen molar-refractivity contribution in [3.05, 3.63) is 25.6 Å². The summed E-state index contributed by atoms with van der Waals surface area (Å²) in [4.78, 5) is 0. The van der Waals surface area contributed by atoms with Crippen LogP contribution in [0.4, 0.5) is 0 Å². The molecule has 0 unspecified atom stereocenters. The summed E-state index contributed by atoms with van der Waals surface area (Å²) < 4.78 is 8.63. The lowest BCUT2D eigenvalue weighted by Gasteiger charge is -2.22. The molecule has 3 N–H and O–H groups in total. The van der Waals surface area contributed by atoms with Gasteiger partial charge in [0.25, 0.3) is 0 Å². The summed E-state index contributed by atoms with van der Waals surface area (Å²) in [7, 11) is 0. The molecule has 20 heavy (non-hydrogen) atoms. The van der Waals surface area contributed by atoms with Gasteiger partial charge in [0.15, 0.2) is 0 Å². The van der Waals surface area contributed by atoms with Gasteiger partial charge in [-0.3, -0.25) is 5.41 Å². The number of hydrogen-bond donors (Lipinski definition) is 2. The Kier molecular flexibility index (Phi) is 7.01. The number of ether oxygens (including phenoxy) is 1. The molecular weight excluding hydrogens is 452 g/mol. The average Bonchev–Trinajstić information content (AvgIpc) is 2.31. The first kappa shape index (κ1) is 18.0. The van der Waals surface area contributed by atoms with E-state index in [-0.39, 0.29) is 11.3 Å². The van der Waals surface area contributed by atoms with Crippen LogP contribution in [0.2, 0.25) is 0 Å². The quantitative estimate of drug-likeness (QED) is 0.314. The predicted molar refractivity (Wildman–Crippen MR) is 94.6 cm³/mol. The number of nitrogens with one attached hydrogen (secondary N) is 1. The Morgan fingerprint density at radius 2 is 1.75 bits per heavy atom. The lowest BCUT2D eigenvalue weighted by atomic mass is 9.86. The highest BCUT2D eigenvalue weighted by atomic mass is 79.9. The van der Waals surface area contributed by atoms with Crippen LogP contribution in [-0.2, 0) is 0 Å². The third-order valence-corrected chi connectivity index (χ3v) is 4.77. The molecule has 3 nitrogen and oxygen atoms in total. The molecule has 112 valence electrons. The maximum Gasteiger partial charge on any atom is 0.147 e. The molecule has 0 aromatic heterocycles. The number of hydrogen-bond acceptors (Lipinski definition) is 2. The zero-order valence-electron chi connectivity index (χ0n) is 11.6. The lowest BCUT2D eigenvalue weighted by Crippen LogP contribution is -2.30. The van der Waals surface area contributed by atoms with E-state index in [2.05, 4.69) is 47.8 Å². The maximum absolute atomic E-state index is 7.52. The third kappa shape index (κ3) is 5.37. The second-order valence-electron chi connectivity index (χ2n) is 5.30. The smallest absolute Gasteiger partial charge is 0.147 e. The van der Waals surface area contributed by atoms with E-state index in [0.29, 0.717) is 6.61 Å². The first-order chi connectivity index (χ1) is 9.24. The monoisotopic (exact) mass is 468 g/mol. The minimum atomic E-state index is -0.223. The Balaban J connectivity index is 2.41. The number of unbranched alkanes of at least 4 members (excludes halogenated alkanes) is 1. The van der Waals surface area contributed by atoms with Crippen molar-refractivity contribution < 1.29 is 4.74 Å². The molecule has 0 atom stereocenters. The molecule has 0 bridgehead atoms. The Bertz CT molecular complexity index is 466. The van der Waals surface area contributed by atoms with Crippen LogP contribution in [0.3, 0.4) is 0 Å². The molecule has 1 aromatic carbocycles. The van der Waals surface area contributed by atoms with Crippen LogP contribution in [0, 0.1) is 10.8 Å². The predicted octanol–water partition coefficient (Wildman–Crippen LogP) is 5.49. The number of rotatable bonds is 7. The normalized spacial score (nSPS) is 11.4. The fraction of sp³-hybridized carbons (Fsp3) is 0.500. The van der Waals surface area contributed by atoms with Gasteiger partial charge in [0.2, 0.25) is 0 Å². The second-order valence-corrected chi connectivity index (χ2v) is 7.93. The molecule has 0 saturated heterocycles. The largest absolute Gasteiger partial charge is 0.491 e. The highest BCUT2D eigenvalue weighted by Crippen LogP contribution is 2.36. The van der Waals surface area contributed by atoms with E-state index in [1.54, 1.807) is 0 Å². The van der Waals surface area contributed by atoms with Crippen molar-refractivity contribution in [2.45, 2.75) is 33.1 Å². The van der Waals surface area contributed by atoms with Gasteiger partial charge in [0.05, 0.1) is 21.4 Å². The van der Waals surface area contributed by atoms with Crippen molar-refractivity contribution >= 4 is 53.6 Å². The van der Waals surface area contributed by atoms with Gasteiger partial charge in [-0.25, -0.2) is 0 Å². The van der Waals surface area contributed by atoms with E-state index >= 15 is 0 Å². The summed E-state index contributed by atoms with van der Waals surface area (Å²) >= 11 is 10.4. The Morgan fingerprint density at radius 1 is 1.20 bits per heavy atom. The minimum absolute atomic E-state index is 0.223. The van der Waals surface area contributed by atoms with Crippen LogP contribution >= 0.6 is 47.8 Å². The van der Waals surface area contributed by atoms with Crippen LogP contribution in [0.25, 0.3) is 0 Å². The van der Waals surface area contributed by atoms with Crippen molar-refractivity contribution in [1.82, 2.24) is 0 Å². The molecule has 1 aromatic rings. The highest BCUT2D eigenvalue weighted by Gasteiger charge is 2.20. The fourth-order valence-corrected chi connectivity index (χ4v) is 4.13. The summed E-state index contributed by atoms with van der Waals surface area (Å²) in [6.07, 6.45) is 2.82. The molecule has 6 heteroatoms. The van der Waals surface area contributed by atoms with Crippen molar-refractivity contribution in [1.29, 1.82) is 5.41 Å². The summed E-state index contributed by atoms with van der Waals surface area (Å²) in [6.45, 7) is 4.64. The van der Waals surface area contributed by atoms with E-state index in [4.69, 9.17) is 15.9 Å². The number of halogens is 3. The molecule has 0 saturated carbocycles. The first-order valence-corrected chi connectivity index (χ1v) is 8.74. The highest BCUT2D eigenvalue weighted by molar-refractivity contribution is 9.11. The van der Waals surface area contributed by atoms with Gasteiger partial charge in [-0.2, -0.15) is 0 Å². The van der Waals surface area contributed by atoms with Crippen molar-refractivity contribution in [3.8, 4) is 5.75 Å². The summed E-state index contributed by atoms with van der Waals surface area (Å²) in [6, 6.07) is 3.91. The zero-order chi connectivity index (χ0) is 15.3. The van der Waals surface area contributed by atoms with Crippen LogP contribution < -0.4 is 10.5 Å². The Morgan fingerprint density at radius 3 is 2.25 bits per heavy atom. The molecule has 1 rings (SSSR count). The van der Waals surface area contributed by atoms with Gasteiger partial charge in [-0.1, -0.05) is 29.8 Å². The molecule has 0 amide bonds. The van der Waals surface area contributed by atoms with E-state index in [0.717, 1.165) is 38.4 Å². The molecule has 0 spiro atoms. The molecule has 0 radical (unpaired) electrons. The molecular formula is C14H19Br3N2O. The maximum atomic E-state index is 7.52. The standard InChI is InChI=1S/C14H19Br3N2O/c1-14(2,13(18)19)5-3-4-6-20-12-10(16)7-9(15)8-11(12)17/h7-8H,3-6H2,1-2H3,(H3,18,19). The van der Waals surface area contributed by atoms with E-state index in [1.807, 2.05) is 26.0 Å². The van der Waals surface area contributed by atoms with Crippen LogP contribution in [0.5, 0.6) is 5.75 Å².